The van der Waals surface area contributed by atoms with Crippen LogP contribution in [0.15, 0.2) is 12.1 Å². The molecule has 0 aliphatic carbocycles. The van der Waals surface area contributed by atoms with Crippen molar-refractivity contribution in [3.63, 3.8) is 0 Å². The summed E-state index contributed by atoms with van der Waals surface area (Å²) in [7, 11) is 1.80. The van der Waals surface area contributed by atoms with E-state index in [9.17, 15) is 9.59 Å². The van der Waals surface area contributed by atoms with Crippen LogP contribution in [0.4, 0.5) is 0 Å². The molecule has 0 saturated carbocycles. The van der Waals surface area contributed by atoms with Gasteiger partial charge in [-0.25, -0.2) is 4.68 Å². The van der Waals surface area contributed by atoms with Crippen molar-refractivity contribution in [1.29, 1.82) is 0 Å². The Balaban J connectivity index is 1.66. The summed E-state index contributed by atoms with van der Waals surface area (Å²) in [6.07, 6.45) is 2.29. The number of nitrogens with zero attached hydrogens (tertiary/aromatic N) is 6. The molecule has 0 radical (unpaired) electrons. The minimum Gasteiger partial charge on any atom is -0.341 e. The lowest BCUT2D eigenvalue weighted by atomic mass is 10.2. The maximum absolute atomic E-state index is 12.7. The topological polar surface area (TPSA) is 84.2 Å². The summed E-state index contributed by atoms with van der Waals surface area (Å²) in [5.41, 5.74) is 0. The van der Waals surface area contributed by atoms with Gasteiger partial charge in [0, 0.05) is 31.4 Å². The molecule has 3 rings (SSSR count). The highest BCUT2D eigenvalue weighted by atomic mass is 32.1. The largest absolute Gasteiger partial charge is 0.341 e. The van der Waals surface area contributed by atoms with E-state index >= 15 is 0 Å². The first-order chi connectivity index (χ1) is 12.5. The van der Waals surface area contributed by atoms with Crippen LogP contribution in [0.25, 0.3) is 0 Å². The van der Waals surface area contributed by atoms with Gasteiger partial charge in [0.15, 0.2) is 0 Å². The first kappa shape index (κ1) is 18.5. The first-order valence-electron chi connectivity index (χ1n) is 8.88. The molecule has 1 atom stereocenters. The Morgan fingerprint density at radius 2 is 2.19 bits per heavy atom. The third kappa shape index (κ3) is 3.77. The zero-order valence-electron chi connectivity index (χ0n) is 15.4. The van der Waals surface area contributed by atoms with Crippen molar-refractivity contribution in [2.24, 2.45) is 0 Å². The maximum Gasteiger partial charge on any atom is 0.263 e. The lowest BCUT2D eigenvalue weighted by molar-refractivity contribution is -0.132. The molecule has 1 saturated heterocycles. The molecule has 2 amide bonds. The number of carbonyl (C=O) groups excluding carboxylic acids is 2. The molecule has 1 fully saturated rings. The maximum atomic E-state index is 12.7. The van der Waals surface area contributed by atoms with E-state index in [2.05, 4.69) is 15.5 Å². The van der Waals surface area contributed by atoms with Crippen molar-refractivity contribution in [2.75, 3.05) is 20.1 Å². The summed E-state index contributed by atoms with van der Waals surface area (Å²) in [5, 5.41) is 11.3. The number of hydrogen-bond donors (Lipinski definition) is 0. The molecule has 9 heteroatoms. The SMILES string of the molecule is CCN(C)C(=O)c1ccc(C2CCCN2C(=O)CCn2nnnc2C)s1. The van der Waals surface area contributed by atoms with Gasteiger partial charge in [0.05, 0.1) is 17.5 Å². The quantitative estimate of drug-likeness (QED) is 0.769. The van der Waals surface area contributed by atoms with Gasteiger partial charge in [0.25, 0.3) is 5.91 Å². The van der Waals surface area contributed by atoms with E-state index in [0.29, 0.717) is 25.3 Å². The van der Waals surface area contributed by atoms with E-state index in [1.165, 1.54) is 11.3 Å². The van der Waals surface area contributed by atoms with Crippen LogP contribution < -0.4 is 0 Å². The highest BCUT2D eigenvalue weighted by Crippen LogP contribution is 2.36. The van der Waals surface area contributed by atoms with Gasteiger partial charge in [-0.3, -0.25) is 9.59 Å². The molecule has 2 aromatic heterocycles. The fraction of sp³-hybridized carbons (Fsp3) is 0.588. The highest BCUT2D eigenvalue weighted by Gasteiger charge is 2.31. The van der Waals surface area contributed by atoms with Gasteiger partial charge in [0.1, 0.15) is 5.82 Å². The fourth-order valence-electron chi connectivity index (χ4n) is 3.14. The van der Waals surface area contributed by atoms with Crippen molar-refractivity contribution in [3.8, 4) is 0 Å². The minimum atomic E-state index is 0.0359. The highest BCUT2D eigenvalue weighted by molar-refractivity contribution is 7.14. The van der Waals surface area contributed by atoms with Crippen LogP contribution in [0.3, 0.4) is 0 Å². The van der Waals surface area contributed by atoms with Crippen molar-refractivity contribution in [2.45, 2.75) is 45.7 Å². The zero-order chi connectivity index (χ0) is 18.7. The van der Waals surface area contributed by atoms with Crippen LogP contribution in [-0.4, -0.2) is 62.0 Å². The van der Waals surface area contributed by atoms with Crippen LogP contribution >= 0.6 is 11.3 Å². The van der Waals surface area contributed by atoms with Crippen LogP contribution in [0, 0.1) is 6.92 Å². The zero-order valence-corrected chi connectivity index (χ0v) is 16.2. The van der Waals surface area contributed by atoms with Gasteiger partial charge in [-0.05, 0) is 49.2 Å². The molecule has 0 N–H and O–H groups in total. The second-order valence-corrected chi connectivity index (χ2v) is 7.58. The van der Waals surface area contributed by atoms with Gasteiger partial charge in [-0.1, -0.05) is 0 Å². The van der Waals surface area contributed by atoms with Gasteiger partial charge in [-0.2, -0.15) is 0 Å². The third-order valence-corrected chi connectivity index (χ3v) is 5.98. The van der Waals surface area contributed by atoms with E-state index < -0.39 is 0 Å². The molecule has 1 aliphatic heterocycles. The Hall–Kier alpha value is -2.29. The summed E-state index contributed by atoms with van der Waals surface area (Å²) in [6.45, 7) is 5.69. The van der Waals surface area contributed by atoms with Crippen molar-refractivity contribution < 1.29 is 9.59 Å². The summed E-state index contributed by atoms with van der Waals surface area (Å²) in [6, 6.07) is 3.93. The Labute approximate surface area is 156 Å². The summed E-state index contributed by atoms with van der Waals surface area (Å²) in [4.78, 5) is 30.5. The second-order valence-electron chi connectivity index (χ2n) is 6.47. The number of aryl methyl sites for hydroxylation is 2. The standard InChI is InChI=1S/C17H24N6O2S/c1-4-21(3)17(25)15-8-7-14(26-15)13-6-5-10-22(13)16(24)9-11-23-12(2)18-19-20-23/h7-8,13H,4-6,9-11H2,1-3H3. The average Bonchev–Trinajstić information content (AvgIpc) is 3.38. The second kappa shape index (κ2) is 7.94. The van der Waals surface area contributed by atoms with E-state index in [4.69, 9.17) is 0 Å². The van der Waals surface area contributed by atoms with E-state index in [1.807, 2.05) is 30.9 Å². The molecule has 1 aliphatic rings. The monoisotopic (exact) mass is 376 g/mol. The Morgan fingerprint density at radius 3 is 2.88 bits per heavy atom. The summed E-state index contributed by atoms with van der Waals surface area (Å²) >= 11 is 1.50. The van der Waals surface area contributed by atoms with E-state index in [-0.39, 0.29) is 17.9 Å². The number of tetrazole rings is 1. The Morgan fingerprint density at radius 1 is 1.38 bits per heavy atom. The van der Waals surface area contributed by atoms with Gasteiger partial charge in [-0.15, -0.1) is 16.4 Å². The van der Waals surface area contributed by atoms with Gasteiger partial charge < -0.3 is 9.80 Å². The number of likely N-dealkylation sites (tertiary alicyclic amines) is 1. The molecular weight excluding hydrogens is 352 g/mol. The number of hydrogen-bond acceptors (Lipinski definition) is 6. The number of rotatable bonds is 6. The van der Waals surface area contributed by atoms with Crippen molar-refractivity contribution in [1.82, 2.24) is 30.0 Å². The minimum absolute atomic E-state index is 0.0359. The average molecular weight is 376 g/mol. The summed E-state index contributed by atoms with van der Waals surface area (Å²) < 4.78 is 1.64. The van der Waals surface area contributed by atoms with Crippen LogP contribution in [0.5, 0.6) is 0 Å². The Kier molecular flexibility index (Phi) is 5.65. The van der Waals surface area contributed by atoms with E-state index in [0.717, 1.165) is 29.1 Å². The van der Waals surface area contributed by atoms with E-state index in [1.54, 1.807) is 16.6 Å². The molecule has 140 valence electrons. The Bertz CT molecular complexity index is 786. The molecule has 26 heavy (non-hydrogen) atoms. The lowest BCUT2D eigenvalue weighted by Gasteiger charge is -2.24. The number of aromatic nitrogens is 4. The smallest absolute Gasteiger partial charge is 0.263 e. The molecule has 1 unspecified atom stereocenters. The predicted octanol–water partition coefficient (Wildman–Crippen LogP) is 1.89. The molecule has 8 nitrogen and oxygen atoms in total. The van der Waals surface area contributed by atoms with Gasteiger partial charge >= 0.3 is 0 Å². The predicted molar refractivity (Wildman–Crippen MR) is 97.8 cm³/mol. The molecular formula is C17H24N6O2S. The number of amides is 2. The van der Waals surface area contributed by atoms with Crippen molar-refractivity contribution >= 4 is 23.2 Å². The molecule has 0 bridgehead atoms. The molecule has 0 aromatic carbocycles. The first-order valence-corrected chi connectivity index (χ1v) is 9.70. The molecule has 2 aromatic rings. The number of carbonyl (C=O) groups is 2. The van der Waals surface area contributed by atoms with Crippen molar-refractivity contribution in [3.05, 3.63) is 27.7 Å². The third-order valence-electron chi connectivity index (χ3n) is 4.81. The fourth-order valence-corrected chi connectivity index (χ4v) is 4.29. The molecule has 0 spiro atoms. The normalized spacial score (nSPS) is 16.9. The van der Waals surface area contributed by atoms with Gasteiger partial charge in [0.2, 0.25) is 5.91 Å². The lowest BCUT2D eigenvalue weighted by Crippen LogP contribution is -2.31. The van der Waals surface area contributed by atoms with Crippen LogP contribution in [0.1, 0.15) is 52.6 Å². The summed E-state index contributed by atoms with van der Waals surface area (Å²) in [5.74, 6) is 0.848. The van der Waals surface area contributed by atoms with Crippen LogP contribution in [0.2, 0.25) is 0 Å². The van der Waals surface area contributed by atoms with Crippen LogP contribution in [-0.2, 0) is 11.3 Å². The molecule has 3 heterocycles. The number of thiophene rings is 1.